The standard InChI is InChI=1S/C17H22N2O5/c1-22-16(21)17(6-2-3-7-17)19-15(20)12-4-8-18-14(10-12)24-13-5-9-23-11-13/h4,8,10,13H,2-3,5-7,9,11H2,1H3,(H,19,20). The highest BCUT2D eigenvalue weighted by molar-refractivity contribution is 5.98. The number of esters is 1. The summed E-state index contributed by atoms with van der Waals surface area (Å²) in [6.07, 6.45) is 5.28. The van der Waals surface area contributed by atoms with Crippen molar-refractivity contribution in [2.75, 3.05) is 20.3 Å². The lowest BCUT2D eigenvalue weighted by molar-refractivity contribution is -0.148. The molecule has 0 bridgehead atoms. The van der Waals surface area contributed by atoms with E-state index in [0.717, 1.165) is 19.3 Å². The third kappa shape index (κ3) is 3.51. The molecule has 1 aliphatic carbocycles. The van der Waals surface area contributed by atoms with Crippen molar-refractivity contribution in [3.05, 3.63) is 23.9 Å². The maximum absolute atomic E-state index is 12.6. The monoisotopic (exact) mass is 334 g/mol. The van der Waals surface area contributed by atoms with Gasteiger partial charge in [0.2, 0.25) is 5.88 Å². The topological polar surface area (TPSA) is 86.8 Å². The van der Waals surface area contributed by atoms with Gasteiger partial charge < -0.3 is 19.5 Å². The molecule has 2 fully saturated rings. The van der Waals surface area contributed by atoms with E-state index in [1.165, 1.54) is 13.3 Å². The van der Waals surface area contributed by atoms with E-state index in [0.29, 0.717) is 37.5 Å². The fraction of sp³-hybridized carbons (Fsp3) is 0.588. The van der Waals surface area contributed by atoms with Crippen LogP contribution in [0.5, 0.6) is 5.88 Å². The van der Waals surface area contributed by atoms with Gasteiger partial charge in [-0.15, -0.1) is 0 Å². The Morgan fingerprint density at radius 3 is 2.83 bits per heavy atom. The number of methoxy groups -OCH3 is 1. The summed E-state index contributed by atoms with van der Waals surface area (Å²) in [6, 6.07) is 3.20. The number of hydrogen-bond donors (Lipinski definition) is 1. The van der Waals surface area contributed by atoms with Crippen molar-refractivity contribution in [1.82, 2.24) is 10.3 Å². The molecular formula is C17H22N2O5. The van der Waals surface area contributed by atoms with Crippen LogP contribution in [-0.2, 0) is 14.3 Å². The zero-order valence-corrected chi connectivity index (χ0v) is 13.7. The molecule has 1 saturated carbocycles. The van der Waals surface area contributed by atoms with Crippen LogP contribution in [0, 0.1) is 0 Å². The van der Waals surface area contributed by atoms with Gasteiger partial charge in [-0.2, -0.15) is 0 Å². The molecule has 1 N–H and O–H groups in total. The Labute approximate surface area is 140 Å². The Kier molecular flexibility index (Phi) is 4.99. The van der Waals surface area contributed by atoms with Crippen LogP contribution in [-0.4, -0.2) is 48.8 Å². The predicted octanol–water partition coefficient (Wildman–Crippen LogP) is 1.46. The van der Waals surface area contributed by atoms with Gasteiger partial charge >= 0.3 is 5.97 Å². The van der Waals surface area contributed by atoms with Crippen LogP contribution in [0.15, 0.2) is 18.3 Å². The lowest BCUT2D eigenvalue weighted by Gasteiger charge is -2.27. The van der Waals surface area contributed by atoms with Crippen molar-refractivity contribution >= 4 is 11.9 Å². The van der Waals surface area contributed by atoms with Gasteiger partial charge in [-0.25, -0.2) is 9.78 Å². The van der Waals surface area contributed by atoms with Gasteiger partial charge in [0.05, 0.1) is 20.3 Å². The molecule has 7 heteroatoms. The summed E-state index contributed by atoms with van der Waals surface area (Å²) in [5.74, 6) is -0.323. The fourth-order valence-corrected chi connectivity index (χ4v) is 3.24. The highest BCUT2D eigenvalue weighted by Crippen LogP contribution is 2.31. The summed E-state index contributed by atoms with van der Waals surface area (Å²) >= 11 is 0. The second-order valence-corrected chi connectivity index (χ2v) is 6.22. The summed E-state index contributed by atoms with van der Waals surface area (Å²) in [4.78, 5) is 28.8. The molecule has 1 amide bonds. The summed E-state index contributed by atoms with van der Waals surface area (Å²) in [6.45, 7) is 1.20. The Balaban J connectivity index is 1.71. The summed E-state index contributed by atoms with van der Waals surface area (Å²) in [5.41, 5.74) is -0.510. The van der Waals surface area contributed by atoms with Crippen LogP contribution in [0.4, 0.5) is 0 Å². The smallest absolute Gasteiger partial charge is 0.331 e. The van der Waals surface area contributed by atoms with E-state index in [9.17, 15) is 9.59 Å². The third-order valence-corrected chi connectivity index (χ3v) is 4.56. The van der Waals surface area contributed by atoms with Crippen LogP contribution in [0.3, 0.4) is 0 Å². The van der Waals surface area contributed by atoms with Gasteiger partial charge in [0.25, 0.3) is 5.91 Å². The SMILES string of the molecule is COC(=O)C1(NC(=O)c2ccnc(OC3CCOC3)c2)CCCC1. The average molecular weight is 334 g/mol. The minimum absolute atomic E-state index is 0.0351. The minimum Gasteiger partial charge on any atom is -0.472 e. The van der Waals surface area contributed by atoms with E-state index in [4.69, 9.17) is 14.2 Å². The van der Waals surface area contributed by atoms with Crippen molar-refractivity contribution in [1.29, 1.82) is 0 Å². The minimum atomic E-state index is -0.921. The molecule has 1 aliphatic heterocycles. The quantitative estimate of drug-likeness (QED) is 0.821. The van der Waals surface area contributed by atoms with Crippen LogP contribution in [0.2, 0.25) is 0 Å². The molecule has 7 nitrogen and oxygen atoms in total. The normalized spacial score (nSPS) is 22.1. The van der Waals surface area contributed by atoms with E-state index in [1.54, 1.807) is 12.1 Å². The Morgan fingerprint density at radius 2 is 2.17 bits per heavy atom. The third-order valence-electron chi connectivity index (χ3n) is 4.56. The molecule has 1 saturated heterocycles. The van der Waals surface area contributed by atoms with Gasteiger partial charge in [0.15, 0.2) is 0 Å². The van der Waals surface area contributed by atoms with E-state index >= 15 is 0 Å². The van der Waals surface area contributed by atoms with Gasteiger partial charge in [-0.1, -0.05) is 12.8 Å². The summed E-state index contributed by atoms with van der Waals surface area (Å²) < 4.78 is 15.9. The molecule has 0 spiro atoms. The largest absolute Gasteiger partial charge is 0.472 e. The number of carbonyl (C=O) groups excluding carboxylic acids is 2. The lowest BCUT2D eigenvalue weighted by Crippen LogP contribution is -2.53. The molecule has 24 heavy (non-hydrogen) atoms. The molecular weight excluding hydrogens is 312 g/mol. The van der Waals surface area contributed by atoms with Crippen LogP contribution in [0.25, 0.3) is 0 Å². The van der Waals surface area contributed by atoms with Crippen LogP contribution in [0.1, 0.15) is 42.5 Å². The van der Waals surface area contributed by atoms with Crippen molar-refractivity contribution < 1.29 is 23.8 Å². The summed E-state index contributed by atoms with van der Waals surface area (Å²) in [7, 11) is 1.34. The molecule has 1 unspecified atom stereocenters. The van der Waals surface area contributed by atoms with Crippen LogP contribution < -0.4 is 10.1 Å². The van der Waals surface area contributed by atoms with E-state index in [2.05, 4.69) is 10.3 Å². The zero-order chi connectivity index (χ0) is 17.0. The fourth-order valence-electron chi connectivity index (χ4n) is 3.24. The number of amides is 1. The molecule has 0 radical (unpaired) electrons. The maximum Gasteiger partial charge on any atom is 0.331 e. The number of ether oxygens (including phenoxy) is 3. The van der Waals surface area contributed by atoms with Crippen molar-refractivity contribution in [2.24, 2.45) is 0 Å². The van der Waals surface area contributed by atoms with Crippen molar-refractivity contribution in [2.45, 2.75) is 43.7 Å². The molecule has 0 aromatic carbocycles. The van der Waals surface area contributed by atoms with Gasteiger partial charge in [0.1, 0.15) is 11.6 Å². The molecule has 3 rings (SSSR count). The van der Waals surface area contributed by atoms with E-state index in [1.807, 2.05) is 0 Å². The van der Waals surface area contributed by atoms with Gasteiger partial charge in [0, 0.05) is 24.2 Å². The number of nitrogens with one attached hydrogen (secondary N) is 1. The molecule has 130 valence electrons. The van der Waals surface area contributed by atoms with Crippen molar-refractivity contribution in [3.8, 4) is 5.88 Å². The number of nitrogens with zero attached hydrogens (tertiary/aromatic N) is 1. The number of pyridine rings is 1. The zero-order valence-electron chi connectivity index (χ0n) is 13.7. The highest BCUT2D eigenvalue weighted by atomic mass is 16.5. The maximum atomic E-state index is 12.6. The molecule has 2 heterocycles. The number of aromatic nitrogens is 1. The molecule has 1 aromatic rings. The molecule has 1 atom stereocenters. The average Bonchev–Trinajstić information content (AvgIpc) is 3.27. The molecule has 2 aliphatic rings. The first-order valence-corrected chi connectivity index (χ1v) is 8.24. The van der Waals surface area contributed by atoms with Gasteiger partial charge in [-0.05, 0) is 18.9 Å². The van der Waals surface area contributed by atoms with E-state index < -0.39 is 5.54 Å². The summed E-state index contributed by atoms with van der Waals surface area (Å²) in [5, 5.41) is 2.86. The molecule has 1 aromatic heterocycles. The Morgan fingerprint density at radius 1 is 1.38 bits per heavy atom. The van der Waals surface area contributed by atoms with Gasteiger partial charge in [-0.3, -0.25) is 4.79 Å². The van der Waals surface area contributed by atoms with E-state index in [-0.39, 0.29) is 18.0 Å². The van der Waals surface area contributed by atoms with Crippen molar-refractivity contribution in [3.63, 3.8) is 0 Å². The second-order valence-electron chi connectivity index (χ2n) is 6.22. The second kappa shape index (κ2) is 7.17. The predicted molar refractivity (Wildman–Crippen MR) is 84.8 cm³/mol. The number of carbonyl (C=O) groups is 2. The van der Waals surface area contributed by atoms with Crippen LogP contribution >= 0.6 is 0 Å². The number of rotatable bonds is 5. The Bertz CT molecular complexity index is 607. The first-order valence-electron chi connectivity index (χ1n) is 8.24. The number of hydrogen-bond acceptors (Lipinski definition) is 6. The Hall–Kier alpha value is -2.15. The lowest BCUT2D eigenvalue weighted by atomic mass is 9.97. The first-order chi connectivity index (χ1) is 11.6. The highest BCUT2D eigenvalue weighted by Gasteiger charge is 2.43. The first kappa shape index (κ1) is 16.7.